The maximum Gasteiger partial charge on any atom is 0.338 e. The van der Waals surface area contributed by atoms with Gasteiger partial charge in [0.05, 0.1) is 35.8 Å². The van der Waals surface area contributed by atoms with Crippen LogP contribution in [-0.2, 0) is 4.74 Å². The number of esters is 1. The second-order valence-electron chi connectivity index (χ2n) is 9.56. The van der Waals surface area contributed by atoms with Gasteiger partial charge in [-0.05, 0) is 66.9 Å². The number of carbonyl (C=O) groups is 2. The third-order valence-corrected chi connectivity index (χ3v) is 6.83. The van der Waals surface area contributed by atoms with Crippen LogP contribution in [0.4, 0.5) is 5.69 Å². The quantitative estimate of drug-likeness (QED) is 0.170. The second kappa shape index (κ2) is 11.6. The van der Waals surface area contributed by atoms with Gasteiger partial charge in [-0.2, -0.15) is 0 Å². The highest BCUT2D eigenvalue weighted by molar-refractivity contribution is 6.10. The minimum absolute atomic E-state index is 0.0176. The van der Waals surface area contributed by atoms with E-state index in [-0.39, 0.29) is 16.8 Å². The third kappa shape index (κ3) is 5.17. The number of carbonyl (C=O) groups excluding carboxylic acids is 2. The summed E-state index contributed by atoms with van der Waals surface area (Å²) in [5, 5.41) is 0.413. The van der Waals surface area contributed by atoms with Crippen molar-refractivity contribution < 1.29 is 23.5 Å². The lowest BCUT2D eigenvalue weighted by atomic mass is 9.98. The summed E-state index contributed by atoms with van der Waals surface area (Å²) in [6, 6.07) is 20.3. The first kappa shape index (κ1) is 26.2. The Morgan fingerprint density at radius 2 is 1.64 bits per heavy atom. The highest BCUT2D eigenvalue weighted by Gasteiger charge is 2.43. The fourth-order valence-electron chi connectivity index (χ4n) is 4.76. The Labute approximate surface area is 227 Å². The Morgan fingerprint density at radius 3 is 2.41 bits per heavy atom. The maximum atomic E-state index is 13.8. The summed E-state index contributed by atoms with van der Waals surface area (Å²) in [6.45, 7) is 5.06. The molecule has 200 valence electrons. The van der Waals surface area contributed by atoms with E-state index in [1.54, 1.807) is 53.4 Å². The molecule has 1 amide bonds. The van der Waals surface area contributed by atoms with E-state index in [0.717, 1.165) is 31.2 Å². The van der Waals surface area contributed by atoms with Crippen LogP contribution < -0.4 is 15.1 Å². The Balaban J connectivity index is 1.58. The van der Waals surface area contributed by atoms with E-state index in [2.05, 4.69) is 6.92 Å². The number of fused-ring (bicyclic) bond motifs is 2. The third-order valence-electron chi connectivity index (χ3n) is 6.83. The van der Waals surface area contributed by atoms with Crippen LogP contribution in [-0.4, -0.2) is 25.1 Å². The van der Waals surface area contributed by atoms with Crippen LogP contribution in [0.1, 0.15) is 77.6 Å². The number of hydrogen-bond donors (Lipinski definition) is 0. The van der Waals surface area contributed by atoms with Crippen molar-refractivity contribution in [1.82, 2.24) is 0 Å². The number of anilines is 1. The molecule has 0 saturated carbocycles. The molecule has 7 heteroatoms. The van der Waals surface area contributed by atoms with E-state index >= 15 is 0 Å². The first-order chi connectivity index (χ1) is 19.0. The van der Waals surface area contributed by atoms with Gasteiger partial charge in [-0.25, -0.2) is 4.79 Å². The molecule has 5 rings (SSSR count). The SMILES string of the molecule is CCCCOC(=O)c1ccc(N2C(=O)c3oc4ccccc4c(=O)c3C2c2cccc(OCCCC)c2)cc1. The molecule has 0 fully saturated rings. The summed E-state index contributed by atoms with van der Waals surface area (Å²) in [5.41, 5.74) is 2.04. The maximum absolute atomic E-state index is 13.8. The van der Waals surface area contributed by atoms with Gasteiger partial charge in [0.25, 0.3) is 5.91 Å². The molecule has 1 unspecified atom stereocenters. The van der Waals surface area contributed by atoms with Crippen LogP contribution in [0.3, 0.4) is 0 Å². The van der Waals surface area contributed by atoms with E-state index in [9.17, 15) is 14.4 Å². The van der Waals surface area contributed by atoms with Crippen molar-refractivity contribution in [3.05, 3.63) is 105 Å². The minimum Gasteiger partial charge on any atom is -0.494 e. The first-order valence-electron chi connectivity index (χ1n) is 13.4. The Bertz CT molecular complexity index is 1560. The van der Waals surface area contributed by atoms with Crippen molar-refractivity contribution in [2.75, 3.05) is 18.1 Å². The van der Waals surface area contributed by atoms with Crippen molar-refractivity contribution in [3.63, 3.8) is 0 Å². The summed E-state index contributed by atoms with van der Waals surface area (Å²) in [7, 11) is 0. The summed E-state index contributed by atoms with van der Waals surface area (Å²) >= 11 is 0. The lowest BCUT2D eigenvalue weighted by Gasteiger charge is -2.25. The van der Waals surface area contributed by atoms with Crippen LogP contribution >= 0.6 is 0 Å². The average Bonchev–Trinajstić information content (AvgIpc) is 3.26. The van der Waals surface area contributed by atoms with E-state index in [0.29, 0.717) is 41.2 Å². The lowest BCUT2D eigenvalue weighted by molar-refractivity contribution is 0.0499. The zero-order chi connectivity index (χ0) is 27.4. The number of amides is 1. The van der Waals surface area contributed by atoms with Crippen LogP contribution in [0.15, 0.2) is 82.0 Å². The number of hydrogen-bond acceptors (Lipinski definition) is 6. The zero-order valence-electron chi connectivity index (χ0n) is 22.1. The fourth-order valence-corrected chi connectivity index (χ4v) is 4.76. The van der Waals surface area contributed by atoms with Gasteiger partial charge in [-0.3, -0.25) is 14.5 Å². The number of unbranched alkanes of at least 4 members (excludes halogenated alkanes) is 2. The van der Waals surface area contributed by atoms with Crippen LogP contribution in [0, 0.1) is 0 Å². The molecule has 0 radical (unpaired) electrons. The molecule has 7 nitrogen and oxygen atoms in total. The van der Waals surface area contributed by atoms with E-state index in [4.69, 9.17) is 13.9 Å². The van der Waals surface area contributed by atoms with Crippen LogP contribution in [0.2, 0.25) is 0 Å². The predicted octanol–water partition coefficient (Wildman–Crippen LogP) is 6.68. The van der Waals surface area contributed by atoms with E-state index in [1.807, 2.05) is 31.2 Å². The van der Waals surface area contributed by atoms with Gasteiger partial charge in [-0.1, -0.05) is 51.0 Å². The normalized spacial score (nSPS) is 14.5. The Hall–Kier alpha value is -4.39. The van der Waals surface area contributed by atoms with Gasteiger partial charge in [0, 0.05) is 5.69 Å². The van der Waals surface area contributed by atoms with Gasteiger partial charge < -0.3 is 13.9 Å². The zero-order valence-corrected chi connectivity index (χ0v) is 22.1. The first-order valence-corrected chi connectivity index (χ1v) is 13.4. The standard InChI is InChI=1S/C32H31NO6/c1-3-5-18-37-24-11-9-10-22(20-24)28-27-29(34)25-12-7-8-13-26(25)39-30(27)31(35)33(28)23-16-14-21(15-17-23)32(36)38-19-6-4-2/h7-17,20,28H,3-6,18-19H2,1-2H3. The predicted molar refractivity (Wildman–Crippen MR) is 150 cm³/mol. The van der Waals surface area contributed by atoms with Crippen molar-refractivity contribution in [2.24, 2.45) is 0 Å². The van der Waals surface area contributed by atoms with E-state index in [1.165, 1.54) is 0 Å². The average molecular weight is 526 g/mol. The summed E-state index contributed by atoms with van der Waals surface area (Å²) in [5.74, 6) is -0.155. The molecule has 0 bridgehead atoms. The molecule has 4 aromatic rings. The number of ether oxygens (including phenoxy) is 2. The molecule has 0 aliphatic carbocycles. The highest BCUT2D eigenvalue weighted by atomic mass is 16.5. The number of para-hydroxylation sites is 1. The highest BCUT2D eigenvalue weighted by Crippen LogP contribution is 2.42. The molecule has 1 aromatic heterocycles. The monoisotopic (exact) mass is 525 g/mol. The van der Waals surface area contributed by atoms with Crippen LogP contribution in [0.5, 0.6) is 5.75 Å². The van der Waals surface area contributed by atoms with Crippen molar-refractivity contribution in [1.29, 1.82) is 0 Å². The van der Waals surface area contributed by atoms with Gasteiger partial charge in [0.15, 0.2) is 5.43 Å². The second-order valence-corrected chi connectivity index (χ2v) is 9.56. The number of benzene rings is 3. The Kier molecular flexibility index (Phi) is 7.77. The van der Waals surface area contributed by atoms with Gasteiger partial charge in [-0.15, -0.1) is 0 Å². The molecule has 39 heavy (non-hydrogen) atoms. The van der Waals surface area contributed by atoms with E-state index < -0.39 is 17.9 Å². The number of rotatable bonds is 10. The summed E-state index contributed by atoms with van der Waals surface area (Å²) in [6.07, 6.45) is 3.65. The molecule has 0 N–H and O–H groups in total. The topological polar surface area (TPSA) is 86.0 Å². The fraction of sp³-hybridized carbons (Fsp3) is 0.281. The molecule has 1 atom stereocenters. The molecule has 3 aromatic carbocycles. The lowest BCUT2D eigenvalue weighted by Crippen LogP contribution is -2.29. The molecular formula is C32H31NO6. The summed E-state index contributed by atoms with van der Waals surface area (Å²) < 4.78 is 17.3. The summed E-state index contributed by atoms with van der Waals surface area (Å²) in [4.78, 5) is 41.6. The van der Waals surface area contributed by atoms with Crippen molar-refractivity contribution in [3.8, 4) is 5.75 Å². The van der Waals surface area contributed by atoms with Gasteiger partial charge in [0.1, 0.15) is 11.3 Å². The molecule has 0 spiro atoms. The molecule has 1 aliphatic rings. The van der Waals surface area contributed by atoms with Crippen molar-refractivity contribution in [2.45, 2.75) is 45.6 Å². The van der Waals surface area contributed by atoms with Gasteiger partial charge >= 0.3 is 5.97 Å². The molecule has 2 heterocycles. The molecule has 1 aliphatic heterocycles. The molecule has 0 saturated heterocycles. The molecular weight excluding hydrogens is 494 g/mol. The Morgan fingerprint density at radius 1 is 0.897 bits per heavy atom. The minimum atomic E-state index is -0.731. The number of nitrogens with zero attached hydrogens (tertiary/aromatic N) is 1. The van der Waals surface area contributed by atoms with Gasteiger partial charge in [0.2, 0.25) is 5.76 Å². The smallest absolute Gasteiger partial charge is 0.338 e. The largest absolute Gasteiger partial charge is 0.494 e. The van der Waals surface area contributed by atoms with Crippen LogP contribution in [0.25, 0.3) is 11.0 Å². The van der Waals surface area contributed by atoms with Crippen molar-refractivity contribution >= 4 is 28.5 Å².